The van der Waals surface area contributed by atoms with Crippen molar-refractivity contribution in [1.82, 2.24) is 0 Å². The van der Waals surface area contributed by atoms with Crippen molar-refractivity contribution in [2.45, 2.75) is 46.1 Å². The zero-order valence-corrected chi connectivity index (χ0v) is 8.88. The van der Waals surface area contributed by atoms with Crippen LogP contribution in [0.1, 0.15) is 40.0 Å². The van der Waals surface area contributed by atoms with Crippen LogP contribution in [-0.2, 0) is 0 Å². The summed E-state index contributed by atoms with van der Waals surface area (Å²) < 4.78 is 0. The number of aliphatic hydroxyl groups is 1. The lowest BCUT2D eigenvalue weighted by molar-refractivity contribution is 0.00907. The summed E-state index contributed by atoms with van der Waals surface area (Å²) in [6, 6.07) is 0. The highest BCUT2D eigenvalue weighted by Crippen LogP contribution is 2.40. The molecule has 3 atom stereocenters. The van der Waals surface area contributed by atoms with E-state index in [0.29, 0.717) is 11.8 Å². The highest BCUT2D eigenvalue weighted by Gasteiger charge is 2.36. The smallest absolute Gasteiger partial charge is 0.0585 e. The van der Waals surface area contributed by atoms with Crippen LogP contribution in [0.2, 0.25) is 0 Å². The molecule has 0 amide bonds. The summed E-state index contributed by atoms with van der Waals surface area (Å²) in [6.45, 7) is 6.42. The minimum atomic E-state index is -0.199. The zero-order chi connectivity index (χ0) is 10.1. The molecule has 1 N–H and O–H groups in total. The average molecular weight is 180 g/mol. The standard InChI is InChI=1S/C12H20O/c1-5-12(4)7-6-10(9(2)3)11(13)8-12/h1,9-11,13H,6-8H2,2-4H3. The predicted molar refractivity (Wildman–Crippen MR) is 55.1 cm³/mol. The molecule has 74 valence electrons. The van der Waals surface area contributed by atoms with Crippen LogP contribution in [0.25, 0.3) is 0 Å². The molecule has 0 aromatic carbocycles. The first-order valence-electron chi connectivity index (χ1n) is 5.14. The monoisotopic (exact) mass is 180 g/mol. The molecule has 1 fully saturated rings. The van der Waals surface area contributed by atoms with Crippen LogP contribution < -0.4 is 0 Å². The summed E-state index contributed by atoms with van der Waals surface area (Å²) in [7, 11) is 0. The molecule has 0 saturated heterocycles. The Morgan fingerprint density at radius 3 is 2.54 bits per heavy atom. The summed E-state index contributed by atoms with van der Waals surface area (Å²) in [6.07, 6.45) is 8.16. The molecule has 0 heterocycles. The van der Waals surface area contributed by atoms with E-state index >= 15 is 0 Å². The fourth-order valence-corrected chi connectivity index (χ4v) is 2.30. The Morgan fingerprint density at radius 2 is 2.15 bits per heavy atom. The molecule has 1 rings (SSSR count). The minimum Gasteiger partial charge on any atom is -0.393 e. The van der Waals surface area contributed by atoms with Crippen molar-refractivity contribution in [3.63, 3.8) is 0 Å². The Hall–Kier alpha value is -0.480. The van der Waals surface area contributed by atoms with Gasteiger partial charge in [-0.1, -0.05) is 13.8 Å². The number of terminal acetylenes is 1. The molecule has 13 heavy (non-hydrogen) atoms. The molecule has 0 spiro atoms. The van der Waals surface area contributed by atoms with Crippen LogP contribution in [0.3, 0.4) is 0 Å². The zero-order valence-electron chi connectivity index (χ0n) is 8.88. The molecule has 1 saturated carbocycles. The third-order valence-corrected chi connectivity index (χ3v) is 3.39. The van der Waals surface area contributed by atoms with Gasteiger partial charge in [0, 0.05) is 5.41 Å². The maximum Gasteiger partial charge on any atom is 0.0585 e. The molecule has 1 aliphatic rings. The topological polar surface area (TPSA) is 20.2 Å². The van der Waals surface area contributed by atoms with Gasteiger partial charge >= 0.3 is 0 Å². The van der Waals surface area contributed by atoms with Crippen molar-refractivity contribution in [1.29, 1.82) is 0 Å². The highest BCUT2D eigenvalue weighted by atomic mass is 16.3. The van der Waals surface area contributed by atoms with E-state index in [1.807, 2.05) is 0 Å². The molecule has 1 heteroatoms. The summed E-state index contributed by atoms with van der Waals surface area (Å²) in [5.41, 5.74) is -0.0647. The molecular weight excluding hydrogens is 160 g/mol. The number of aliphatic hydroxyl groups excluding tert-OH is 1. The van der Waals surface area contributed by atoms with Crippen molar-refractivity contribution in [2.75, 3.05) is 0 Å². The van der Waals surface area contributed by atoms with Crippen molar-refractivity contribution in [3.8, 4) is 12.3 Å². The van der Waals surface area contributed by atoms with E-state index in [2.05, 4.69) is 26.7 Å². The van der Waals surface area contributed by atoms with Gasteiger partial charge in [-0.05, 0) is 38.0 Å². The lowest BCUT2D eigenvalue weighted by Gasteiger charge is -2.39. The largest absolute Gasteiger partial charge is 0.393 e. The van der Waals surface area contributed by atoms with Gasteiger partial charge in [0.1, 0.15) is 0 Å². The van der Waals surface area contributed by atoms with Gasteiger partial charge in [0.25, 0.3) is 0 Å². The van der Waals surface area contributed by atoms with Crippen LogP contribution in [-0.4, -0.2) is 11.2 Å². The molecule has 0 aromatic heterocycles. The molecule has 1 aliphatic carbocycles. The van der Waals surface area contributed by atoms with Crippen molar-refractivity contribution < 1.29 is 5.11 Å². The molecule has 0 aromatic rings. The Bertz CT molecular complexity index is 214. The van der Waals surface area contributed by atoms with Gasteiger partial charge in [0.05, 0.1) is 6.10 Å². The van der Waals surface area contributed by atoms with E-state index in [1.165, 1.54) is 0 Å². The fraction of sp³-hybridized carbons (Fsp3) is 0.833. The Balaban J connectivity index is 2.63. The van der Waals surface area contributed by atoms with Gasteiger partial charge in [0.15, 0.2) is 0 Å². The second-order valence-corrected chi connectivity index (χ2v) is 4.92. The van der Waals surface area contributed by atoms with Gasteiger partial charge in [-0.2, -0.15) is 0 Å². The summed E-state index contributed by atoms with van der Waals surface area (Å²) in [4.78, 5) is 0. The maximum absolute atomic E-state index is 9.91. The molecule has 1 nitrogen and oxygen atoms in total. The van der Waals surface area contributed by atoms with Crippen LogP contribution >= 0.6 is 0 Å². The fourth-order valence-electron chi connectivity index (χ4n) is 2.30. The van der Waals surface area contributed by atoms with Crippen LogP contribution in [0.5, 0.6) is 0 Å². The first kappa shape index (κ1) is 10.6. The van der Waals surface area contributed by atoms with Crippen LogP contribution in [0, 0.1) is 29.6 Å². The average Bonchev–Trinajstić information content (AvgIpc) is 2.03. The minimum absolute atomic E-state index is 0.0647. The van der Waals surface area contributed by atoms with Gasteiger partial charge in [0.2, 0.25) is 0 Å². The van der Waals surface area contributed by atoms with E-state index in [1.54, 1.807) is 0 Å². The first-order valence-corrected chi connectivity index (χ1v) is 5.14. The van der Waals surface area contributed by atoms with Crippen LogP contribution in [0.15, 0.2) is 0 Å². The van der Waals surface area contributed by atoms with Crippen molar-refractivity contribution in [3.05, 3.63) is 0 Å². The maximum atomic E-state index is 9.91. The van der Waals surface area contributed by atoms with Crippen molar-refractivity contribution >= 4 is 0 Å². The normalized spacial score (nSPS) is 40.3. The van der Waals surface area contributed by atoms with Crippen molar-refractivity contribution in [2.24, 2.45) is 17.3 Å². The van der Waals surface area contributed by atoms with Gasteiger partial charge < -0.3 is 5.11 Å². The molecule has 3 unspecified atom stereocenters. The predicted octanol–water partition coefficient (Wildman–Crippen LogP) is 2.44. The molecule has 0 aliphatic heterocycles. The summed E-state index contributed by atoms with van der Waals surface area (Å²) in [5, 5.41) is 9.91. The SMILES string of the molecule is C#CC1(C)CCC(C(C)C)C(O)C1. The van der Waals surface area contributed by atoms with E-state index < -0.39 is 0 Å². The molecule has 0 bridgehead atoms. The van der Waals surface area contributed by atoms with Gasteiger partial charge in [-0.25, -0.2) is 0 Å². The summed E-state index contributed by atoms with van der Waals surface area (Å²) in [5.74, 6) is 3.82. The second kappa shape index (κ2) is 3.72. The highest BCUT2D eigenvalue weighted by molar-refractivity contribution is 5.06. The van der Waals surface area contributed by atoms with E-state index in [-0.39, 0.29) is 11.5 Å². The lowest BCUT2D eigenvalue weighted by Crippen LogP contribution is -2.37. The second-order valence-electron chi connectivity index (χ2n) is 4.92. The lowest BCUT2D eigenvalue weighted by atomic mass is 9.68. The van der Waals surface area contributed by atoms with Gasteiger partial charge in [-0.3, -0.25) is 0 Å². The van der Waals surface area contributed by atoms with Gasteiger partial charge in [-0.15, -0.1) is 12.3 Å². The van der Waals surface area contributed by atoms with E-state index in [4.69, 9.17) is 6.42 Å². The number of hydrogen-bond donors (Lipinski definition) is 1. The molecular formula is C12H20O. The number of rotatable bonds is 1. The van der Waals surface area contributed by atoms with E-state index in [0.717, 1.165) is 19.3 Å². The quantitative estimate of drug-likeness (QED) is 0.614. The summed E-state index contributed by atoms with van der Waals surface area (Å²) >= 11 is 0. The number of hydrogen-bond acceptors (Lipinski definition) is 1. The van der Waals surface area contributed by atoms with Crippen LogP contribution in [0.4, 0.5) is 0 Å². The molecule has 0 radical (unpaired) electrons. The third-order valence-electron chi connectivity index (χ3n) is 3.39. The Morgan fingerprint density at radius 1 is 1.54 bits per heavy atom. The Kier molecular flexibility index (Phi) is 3.03. The Labute approximate surface area is 81.5 Å². The third kappa shape index (κ3) is 2.25. The van der Waals surface area contributed by atoms with E-state index in [9.17, 15) is 5.11 Å². The first-order chi connectivity index (χ1) is 5.98.